The number of nitrogens with one attached hydrogen (secondary N) is 1. The molecule has 0 bridgehead atoms. The van der Waals surface area contributed by atoms with Gasteiger partial charge in [-0.05, 0) is 37.1 Å². The molecule has 124 valence electrons. The summed E-state index contributed by atoms with van der Waals surface area (Å²) in [6, 6.07) is 16.3. The summed E-state index contributed by atoms with van der Waals surface area (Å²) in [6.07, 6.45) is 1.71. The van der Waals surface area contributed by atoms with Crippen LogP contribution >= 0.6 is 0 Å². The van der Waals surface area contributed by atoms with Gasteiger partial charge in [0.15, 0.2) is 11.6 Å². The number of aromatic nitrogens is 4. The topological polar surface area (TPSA) is 83.7 Å². The Morgan fingerprint density at radius 3 is 2.08 bits per heavy atom. The molecule has 6 nitrogen and oxygen atoms in total. The van der Waals surface area contributed by atoms with E-state index in [1.54, 1.807) is 6.20 Å². The molecular formula is C19H18N6. The number of imidazole rings is 1. The van der Waals surface area contributed by atoms with Crippen LogP contribution in [0.5, 0.6) is 0 Å². The van der Waals surface area contributed by atoms with Gasteiger partial charge in [0, 0.05) is 0 Å². The van der Waals surface area contributed by atoms with E-state index in [4.69, 9.17) is 5.73 Å². The molecule has 4 rings (SSSR count). The van der Waals surface area contributed by atoms with Crippen molar-refractivity contribution in [2.75, 3.05) is 10.6 Å². The number of aromatic amines is 1. The lowest BCUT2D eigenvalue weighted by atomic mass is 10.1. The molecule has 3 N–H and O–H groups in total. The first kappa shape index (κ1) is 15.1. The van der Waals surface area contributed by atoms with E-state index in [9.17, 15) is 0 Å². The van der Waals surface area contributed by atoms with E-state index in [-0.39, 0.29) is 0 Å². The molecule has 0 aliphatic rings. The van der Waals surface area contributed by atoms with Gasteiger partial charge in [-0.25, -0.2) is 4.98 Å². The Labute approximate surface area is 145 Å². The van der Waals surface area contributed by atoms with Crippen molar-refractivity contribution in [1.29, 1.82) is 0 Å². The second-order valence-corrected chi connectivity index (χ2v) is 5.94. The number of nitrogens with two attached hydrogens (primary N) is 1. The van der Waals surface area contributed by atoms with E-state index >= 15 is 0 Å². The van der Waals surface area contributed by atoms with Gasteiger partial charge in [-0.1, -0.05) is 36.4 Å². The fraction of sp³-hybridized carbons (Fsp3) is 0.105. The van der Waals surface area contributed by atoms with E-state index in [1.807, 2.05) is 24.3 Å². The maximum absolute atomic E-state index is 5.74. The summed E-state index contributed by atoms with van der Waals surface area (Å²) in [7, 11) is 0. The zero-order chi connectivity index (χ0) is 17.4. The van der Waals surface area contributed by atoms with Crippen LogP contribution in [0.25, 0.3) is 11.2 Å². The molecular weight excluding hydrogens is 312 g/mol. The molecule has 0 unspecified atom stereocenters. The van der Waals surface area contributed by atoms with Crippen LogP contribution in [0.3, 0.4) is 0 Å². The minimum Gasteiger partial charge on any atom is -0.369 e. The number of aryl methyl sites for hydroxylation is 2. The Kier molecular flexibility index (Phi) is 3.57. The quantitative estimate of drug-likeness (QED) is 0.593. The third kappa shape index (κ3) is 2.67. The van der Waals surface area contributed by atoms with Gasteiger partial charge in [0.2, 0.25) is 5.95 Å². The molecule has 0 radical (unpaired) electrons. The largest absolute Gasteiger partial charge is 0.369 e. The van der Waals surface area contributed by atoms with Crippen molar-refractivity contribution in [1.82, 2.24) is 19.9 Å². The molecule has 2 aromatic heterocycles. The van der Waals surface area contributed by atoms with Gasteiger partial charge in [0.25, 0.3) is 0 Å². The Hall–Kier alpha value is -3.41. The fourth-order valence-electron chi connectivity index (χ4n) is 2.90. The average molecular weight is 330 g/mol. The zero-order valence-corrected chi connectivity index (χ0v) is 14.1. The van der Waals surface area contributed by atoms with Gasteiger partial charge >= 0.3 is 0 Å². The van der Waals surface area contributed by atoms with Crippen molar-refractivity contribution < 1.29 is 0 Å². The number of rotatable bonds is 3. The number of hydrogen-bond acceptors (Lipinski definition) is 5. The Bertz CT molecular complexity index is 1010. The minimum atomic E-state index is 0.333. The van der Waals surface area contributed by atoms with Gasteiger partial charge in [-0.15, -0.1) is 0 Å². The molecule has 25 heavy (non-hydrogen) atoms. The van der Waals surface area contributed by atoms with Crippen molar-refractivity contribution in [3.05, 3.63) is 65.9 Å². The molecule has 0 amide bonds. The number of hydrogen-bond donors (Lipinski definition) is 2. The lowest BCUT2D eigenvalue weighted by Gasteiger charge is -2.26. The summed E-state index contributed by atoms with van der Waals surface area (Å²) >= 11 is 0. The summed E-state index contributed by atoms with van der Waals surface area (Å²) in [6.45, 7) is 4.15. The highest BCUT2D eigenvalue weighted by Gasteiger charge is 2.19. The van der Waals surface area contributed by atoms with Crippen LogP contribution in [-0.4, -0.2) is 19.9 Å². The van der Waals surface area contributed by atoms with Crippen LogP contribution in [0.4, 0.5) is 23.3 Å². The SMILES string of the molecule is Cc1ccccc1N(c1ncc2[nH]c(N)nc2n1)c1ccccc1C. The highest BCUT2D eigenvalue weighted by Crippen LogP contribution is 2.36. The van der Waals surface area contributed by atoms with Gasteiger partial charge in [0.1, 0.15) is 5.52 Å². The third-order valence-corrected chi connectivity index (χ3v) is 4.16. The van der Waals surface area contributed by atoms with E-state index in [0.717, 1.165) is 28.0 Å². The van der Waals surface area contributed by atoms with Gasteiger partial charge in [-0.3, -0.25) is 4.90 Å². The maximum Gasteiger partial charge on any atom is 0.236 e. The Morgan fingerprint density at radius 2 is 1.48 bits per heavy atom. The molecule has 0 saturated heterocycles. The van der Waals surface area contributed by atoms with Crippen LogP contribution in [0.15, 0.2) is 54.7 Å². The summed E-state index contributed by atoms with van der Waals surface area (Å²) in [5.41, 5.74) is 11.3. The first-order valence-electron chi connectivity index (χ1n) is 8.03. The zero-order valence-electron chi connectivity index (χ0n) is 14.1. The molecule has 0 fully saturated rings. The summed E-state index contributed by atoms with van der Waals surface area (Å²) in [5, 5.41) is 0. The monoisotopic (exact) mass is 330 g/mol. The minimum absolute atomic E-state index is 0.333. The maximum atomic E-state index is 5.74. The number of benzene rings is 2. The van der Waals surface area contributed by atoms with E-state index in [1.165, 1.54) is 0 Å². The van der Waals surface area contributed by atoms with Gasteiger partial charge < -0.3 is 10.7 Å². The van der Waals surface area contributed by atoms with Crippen molar-refractivity contribution in [2.45, 2.75) is 13.8 Å². The summed E-state index contributed by atoms with van der Waals surface area (Å²) in [5.74, 6) is 0.891. The average Bonchev–Trinajstić information content (AvgIpc) is 2.98. The van der Waals surface area contributed by atoms with E-state index in [0.29, 0.717) is 17.5 Å². The Morgan fingerprint density at radius 1 is 0.880 bits per heavy atom. The number of nitrogen functional groups attached to an aromatic ring is 1. The molecule has 4 aromatic rings. The second-order valence-electron chi connectivity index (χ2n) is 5.94. The molecule has 2 heterocycles. The summed E-state index contributed by atoms with van der Waals surface area (Å²) < 4.78 is 0. The molecule has 0 saturated carbocycles. The van der Waals surface area contributed by atoms with Crippen molar-refractivity contribution >= 4 is 34.4 Å². The van der Waals surface area contributed by atoms with Crippen LogP contribution < -0.4 is 10.6 Å². The van der Waals surface area contributed by atoms with Crippen LogP contribution in [0.1, 0.15) is 11.1 Å². The first-order chi connectivity index (χ1) is 12.1. The normalized spacial score (nSPS) is 11.0. The van der Waals surface area contributed by atoms with Crippen LogP contribution in [0.2, 0.25) is 0 Å². The third-order valence-electron chi connectivity index (χ3n) is 4.16. The standard InChI is InChI=1S/C19H18N6/c1-12-7-3-5-9-15(12)25(16-10-6-4-8-13(16)2)19-21-11-14-17(24-19)23-18(20)22-14/h3-11H,1-2H3,(H3,20,21,22,23,24). The van der Waals surface area contributed by atoms with Gasteiger partial charge in [-0.2, -0.15) is 9.97 Å². The molecule has 2 aromatic carbocycles. The lowest BCUT2D eigenvalue weighted by Crippen LogP contribution is -2.15. The number of nitrogens with zero attached hydrogens (tertiary/aromatic N) is 4. The lowest BCUT2D eigenvalue weighted by molar-refractivity contribution is 1.08. The van der Waals surface area contributed by atoms with E-state index in [2.05, 4.69) is 62.9 Å². The molecule has 6 heteroatoms. The second kappa shape index (κ2) is 5.90. The van der Waals surface area contributed by atoms with Crippen molar-refractivity contribution in [3.63, 3.8) is 0 Å². The Balaban J connectivity index is 1.96. The predicted molar refractivity (Wildman–Crippen MR) is 100 cm³/mol. The molecule has 0 spiro atoms. The van der Waals surface area contributed by atoms with Crippen LogP contribution in [0, 0.1) is 13.8 Å². The molecule has 0 atom stereocenters. The predicted octanol–water partition coefficient (Wildman–Crippen LogP) is 4.02. The van der Waals surface area contributed by atoms with Crippen molar-refractivity contribution in [3.8, 4) is 0 Å². The number of para-hydroxylation sites is 2. The van der Waals surface area contributed by atoms with Crippen molar-refractivity contribution in [2.24, 2.45) is 0 Å². The smallest absolute Gasteiger partial charge is 0.236 e. The highest BCUT2D eigenvalue weighted by atomic mass is 15.3. The summed E-state index contributed by atoms with van der Waals surface area (Å²) in [4.78, 5) is 18.4. The number of H-pyrrole nitrogens is 1. The molecule has 0 aliphatic carbocycles. The van der Waals surface area contributed by atoms with E-state index < -0.39 is 0 Å². The van der Waals surface area contributed by atoms with Gasteiger partial charge in [0.05, 0.1) is 17.6 Å². The van der Waals surface area contributed by atoms with Crippen LogP contribution in [-0.2, 0) is 0 Å². The number of fused-ring (bicyclic) bond motifs is 1. The molecule has 0 aliphatic heterocycles. The number of anilines is 4. The highest BCUT2D eigenvalue weighted by molar-refractivity contribution is 5.80. The first-order valence-corrected chi connectivity index (χ1v) is 8.03. The fourth-order valence-corrected chi connectivity index (χ4v) is 2.90.